The summed E-state index contributed by atoms with van der Waals surface area (Å²) in [5.41, 5.74) is 1.48. The first-order valence-corrected chi connectivity index (χ1v) is 6.66. The van der Waals surface area contributed by atoms with Crippen LogP contribution in [0.1, 0.15) is 26.3 Å². The molecule has 0 fully saturated rings. The standard InChI is InChI=1S/C15H20N2O3/c1-15(2,3)12(14(19)20)17-13(18)11-8-9-6-4-5-7-10(9)16-11/h4-7,11-12,16H,8H2,1-3H3,(H,17,18)(H,19,20)/t11-,12-/m0/s1. The minimum atomic E-state index is -1.01. The minimum Gasteiger partial charge on any atom is -0.480 e. The highest BCUT2D eigenvalue weighted by molar-refractivity contribution is 5.91. The van der Waals surface area contributed by atoms with E-state index in [2.05, 4.69) is 10.6 Å². The maximum absolute atomic E-state index is 12.2. The van der Waals surface area contributed by atoms with Crippen molar-refractivity contribution >= 4 is 17.6 Å². The summed E-state index contributed by atoms with van der Waals surface area (Å²) in [4.78, 5) is 23.5. The van der Waals surface area contributed by atoms with E-state index >= 15 is 0 Å². The molecule has 1 aromatic rings. The lowest BCUT2D eigenvalue weighted by molar-refractivity contribution is -0.145. The summed E-state index contributed by atoms with van der Waals surface area (Å²) in [5, 5.41) is 15.0. The number of rotatable bonds is 3. The van der Waals surface area contributed by atoms with Crippen LogP contribution in [0.2, 0.25) is 0 Å². The van der Waals surface area contributed by atoms with E-state index in [0.717, 1.165) is 11.3 Å². The van der Waals surface area contributed by atoms with E-state index in [1.54, 1.807) is 20.8 Å². The maximum atomic E-state index is 12.2. The van der Waals surface area contributed by atoms with Crippen LogP contribution in [-0.4, -0.2) is 29.1 Å². The predicted octanol–water partition coefficient (Wildman–Crippen LogP) is 1.64. The number of carboxylic acid groups (broad SMARTS) is 1. The Balaban J connectivity index is 2.05. The van der Waals surface area contributed by atoms with Gasteiger partial charge in [0.05, 0.1) is 0 Å². The van der Waals surface area contributed by atoms with Gasteiger partial charge in [0.1, 0.15) is 12.1 Å². The molecule has 5 heteroatoms. The maximum Gasteiger partial charge on any atom is 0.326 e. The van der Waals surface area contributed by atoms with Gasteiger partial charge in [-0.05, 0) is 17.0 Å². The lowest BCUT2D eigenvalue weighted by Crippen LogP contribution is -2.53. The third kappa shape index (κ3) is 2.92. The molecule has 0 unspecified atom stereocenters. The SMILES string of the molecule is CC(C)(C)[C@@H](NC(=O)[C@@H]1Cc2ccccc2N1)C(=O)O. The Bertz CT molecular complexity index is 509. The molecule has 1 amide bonds. The van der Waals surface area contributed by atoms with Crippen molar-refractivity contribution in [2.24, 2.45) is 5.41 Å². The van der Waals surface area contributed by atoms with Crippen LogP contribution in [0.3, 0.4) is 0 Å². The van der Waals surface area contributed by atoms with E-state index < -0.39 is 23.5 Å². The molecule has 0 aromatic heterocycles. The van der Waals surface area contributed by atoms with Gasteiger partial charge in [-0.1, -0.05) is 39.0 Å². The number of hydrogen-bond acceptors (Lipinski definition) is 3. The first kappa shape index (κ1) is 14.4. The molecule has 0 saturated carbocycles. The third-order valence-electron chi connectivity index (χ3n) is 3.49. The fraction of sp³-hybridized carbons (Fsp3) is 0.467. The zero-order chi connectivity index (χ0) is 14.9. The smallest absolute Gasteiger partial charge is 0.326 e. The largest absolute Gasteiger partial charge is 0.480 e. The number of fused-ring (bicyclic) bond motifs is 1. The number of hydrogen-bond donors (Lipinski definition) is 3. The predicted molar refractivity (Wildman–Crippen MR) is 76.6 cm³/mol. The van der Waals surface area contributed by atoms with Gasteiger partial charge in [0.2, 0.25) is 5.91 Å². The van der Waals surface area contributed by atoms with Crippen LogP contribution in [0.5, 0.6) is 0 Å². The van der Waals surface area contributed by atoms with Gasteiger partial charge in [-0.25, -0.2) is 4.79 Å². The second kappa shape index (κ2) is 5.15. The number of para-hydroxylation sites is 1. The fourth-order valence-electron chi connectivity index (χ4n) is 2.35. The summed E-state index contributed by atoms with van der Waals surface area (Å²) in [7, 11) is 0. The summed E-state index contributed by atoms with van der Waals surface area (Å²) in [6.07, 6.45) is 0.582. The molecule has 2 atom stereocenters. The van der Waals surface area contributed by atoms with E-state index in [4.69, 9.17) is 0 Å². The van der Waals surface area contributed by atoms with Crippen molar-refractivity contribution < 1.29 is 14.7 Å². The van der Waals surface area contributed by atoms with Crippen molar-refractivity contribution in [2.75, 3.05) is 5.32 Å². The molecule has 5 nitrogen and oxygen atoms in total. The van der Waals surface area contributed by atoms with Gasteiger partial charge < -0.3 is 15.7 Å². The van der Waals surface area contributed by atoms with Gasteiger partial charge in [0.15, 0.2) is 0 Å². The zero-order valence-electron chi connectivity index (χ0n) is 11.9. The van der Waals surface area contributed by atoms with Crippen molar-refractivity contribution in [3.05, 3.63) is 29.8 Å². The molecule has 3 N–H and O–H groups in total. The molecule has 1 aliphatic heterocycles. The number of nitrogens with one attached hydrogen (secondary N) is 2. The number of amides is 1. The quantitative estimate of drug-likeness (QED) is 0.784. The Morgan fingerprint density at radius 3 is 2.55 bits per heavy atom. The van der Waals surface area contributed by atoms with Crippen LogP contribution in [0.25, 0.3) is 0 Å². The van der Waals surface area contributed by atoms with Gasteiger partial charge in [-0.2, -0.15) is 0 Å². The van der Waals surface area contributed by atoms with Crippen LogP contribution in [0, 0.1) is 5.41 Å². The second-order valence-electron chi connectivity index (χ2n) is 6.20. The van der Waals surface area contributed by atoms with Gasteiger partial charge >= 0.3 is 5.97 Å². The number of carbonyl (C=O) groups is 2. The fourth-order valence-corrected chi connectivity index (χ4v) is 2.35. The topological polar surface area (TPSA) is 78.4 Å². The van der Waals surface area contributed by atoms with Crippen LogP contribution >= 0.6 is 0 Å². The molecule has 1 heterocycles. The summed E-state index contributed by atoms with van der Waals surface area (Å²) in [6, 6.07) is 6.41. The Morgan fingerprint density at radius 1 is 1.35 bits per heavy atom. The molecular weight excluding hydrogens is 256 g/mol. The van der Waals surface area contributed by atoms with E-state index in [0.29, 0.717) is 6.42 Å². The molecule has 2 rings (SSSR count). The molecule has 20 heavy (non-hydrogen) atoms. The minimum absolute atomic E-state index is 0.275. The number of carboxylic acids is 1. The van der Waals surface area contributed by atoms with Crippen LogP contribution in [0.15, 0.2) is 24.3 Å². The van der Waals surface area contributed by atoms with Crippen LogP contribution in [-0.2, 0) is 16.0 Å². The average Bonchev–Trinajstić information content (AvgIpc) is 2.77. The van der Waals surface area contributed by atoms with Crippen molar-refractivity contribution in [2.45, 2.75) is 39.3 Å². The van der Waals surface area contributed by atoms with Crippen molar-refractivity contribution in [1.82, 2.24) is 5.32 Å². The highest BCUT2D eigenvalue weighted by Crippen LogP contribution is 2.26. The highest BCUT2D eigenvalue weighted by atomic mass is 16.4. The van der Waals surface area contributed by atoms with Gasteiger partial charge in [-0.3, -0.25) is 4.79 Å². The Labute approximate surface area is 118 Å². The molecule has 0 aliphatic carbocycles. The number of carbonyl (C=O) groups excluding carboxylic acids is 1. The first-order chi connectivity index (χ1) is 9.29. The molecule has 108 valence electrons. The average molecular weight is 276 g/mol. The monoisotopic (exact) mass is 276 g/mol. The zero-order valence-corrected chi connectivity index (χ0v) is 11.9. The Morgan fingerprint density at radius 2 is 2.00 bits per heavy atom. The normalized spacial score (nSPS) is 18.9. The Hall–Kier alpha value is -2.04. The molecule has 0 bridgehead atoms. The van der Waals surface area contributed by atoms with Gasteiger partial charge in [-0.15, -0.1) is 0 Å². The molecule has 1 aliphatic rings. The van der Waals surface area contributed by atoms with Crippen LogP contribution in [0.4, 0.5) is 5.69 Å². The lowest BCUT2D eigenvalue weighted by Gasteiger charge is -2.28. The molecular formula is C15H20N2O3. The Kier molecular flexibility index (Phi) is 3.70. The van der Waals surface area contributed by atoms with E-state index in [9.17, 15) is 14.7 Å². The molecule has 0 spiro atoms. The van der Waals surface area contributed by atoms with Crippen molar-refractivity contribution in [3.8, 4) is 0 Å². The summed E-state index contributed by atoms with van der Waals surface area (Å²) < 4.78 is 0. The van der Waals surface area contributed by atoms with Crippen molar-refractivity contribution in [1.29, 1.82) is 0 Å². The second-order valence-corrected chi connectivity index (χ2v) is 6.20. The van der Waals surface area contributed by atoms with Crippen molar-refractivity contribution in [3.63, 3.8) is 0 Å². The van der Waals surface area contributed by atoms with E-state index in [1.807, 2.05) is 24.3 Å². The van der Waals surface area contributed by atoms with Crippen LogP contribution < -0.4 is 10.6 Å². The van der Waals surface area contributed by atoms with E-state index in [1.165, 1.54) is 0 Å². The molecule has 0 radical (unpaired) electrons. The highest BCUT2D eigenvalue weighted by Gasteiger charge is 2.35. The van der Waals surface area contributed by atoms with Gasteiger partial charge in [0, 0.05) is 12.1 Å². The summed E-state index contributed by atoms with van der Waals surface area (Å²) in [6.45, 7) is 5.38. The third-order valence-corrected chi connectivity index (χ3v) is 3.49. The number of benzene rings is 1. The summed E-state index contributed by atoms with van der Waals surface area (Å²) >= 11 is 0. The van der Waals surface area contributed by atoms with E-state index in [-0.39, 0.29) is 5.91 Å². The number of anilines is 1. The number of aliphatic carboxylic acids is 1. The first-order valence-electron chi connectivity index (χ1n) is 6.66. The van der Waals surface area contributed by atoms with Gasteiger partial charge in [0.25, 0.3) is 0 Å². The molecule has 0 saturated heterocycles. The molecule has 1 aromatic carbocycles. The lowest BCUT2D eigenvalue weighted by atomic mass is 9.86. The summed E-state index contributed by atoms with van der Waals surface area (Å²) in [5.74, 6) is -1.29.